The van der Waals surface area contributed by atoms with Gasteiger partial charge in [0.25, 0.3) is 0 Å². The largest absolute Gasteiger partial charge is 0.308 e. The summed E-state index contributed by atoms with van der Waals surface area (Å²) in [5.74, 6) is 6.69. The van der Waals surface area contributed by atoms with E-state index in [4.69, 9.17) is 5.84 Å². The summed E-state index contributed by atoms with van der Waals surface area (Å²) in [7, 11) is 0. The Labute approximate surface area is 119 Å². The van der Waals surface area contributed by atoms with Crippen LogP contribution < -0.4 is 11.3 Å². The number of hydrazine groups is 1. The summed E-state index contributed by atoms with van der Waals surface area (Å²) in [5, 5.41) is 0. The van der Waals surface area contributed by atoms with Crippen molar-refractivity contribution in [2.75, 3.05) is 18.5 Å². The molecule has 1 aliphatic rings. The SMILES string of the molecule is NNc1ccc(CN2CCC(c3ccccc3)C2)cn1. The van der Waals surface area contributed by atoms with Gasteiger partial charge in [-0.25, -0.2) is 10.8 Å². The third kappa shape index (κ3) is 2.98. The first kappa shape index (κ1) is 13.1. The van der Waals surface area contributed by atoms with Crippen LogP contribution in [0.2, 0.25) is 0 Å². The van der Waals surface area contributed by atoms with Crippen LogP contribution in [0.5, 0.6) is 0 Å². The molecule has 0 aliphatic carbocycles. The second-order valence-corrected chi connectivity index (χ2v) is 5.33. The summed E-state index contributed by atoms with van der Waals surface area (Å²) in [5.41, 5.74) is 5.24. The lowest BCUT2D eigenvalue weighted by Gasteiger charge is -2.16. The van der Waals surface area contributed by atoms with Crippen molar-refractivity contribution >= 4 is 5.82 Å². The monoisotopic (exact) mass is 268 g/mol. The van der Waals surface area contributed by atoms with Crippen molar-refractivity contribution in [2.45, 2.75) is 18.9 Å². The molecule has 2 aromatic rings. The first-order valence-electron chi connectivity index (χ1n) is 7.04. The minimum atomic E-state index is 0.661. The van der Waals surface area contributed by atoms with Gasteiger partial charge in [-0.05, 0) is 36.1 Å². The van der Waals surface area contributed by atoms with Gasteiger partial charge in [-0.1, -0.05) is 36.4 Å². The van der Waals surface area contributed by atoms with Gasteiger partial charge in [-0.15, -0.1) is 0 Å². The highest BCUT2D eigenvalue weighted by molar-refractivity contribution is 5.33. The molecule has 0 saturated carbocycles. The molecule has 1 aromatic heterocycles. The summed E-state index contributed by atoms with van der Waals surface area (Å²) in [6, 6.07) is 14.8. The van der Waals surface area contributed by atoms with Crippen molar-refractivity contribution in [3.8, 4) is 0 Å². The van der Waals surface area contributed by atoms with Crippen LogP contribution in [0.25, 0.3) is 0 Å². The van der Waals surface area contributed by atoms with E-state index in [0.717, 1.165) is 19.6 Å². The summed E-state index contributed by atoms with van der Waals surface area (Å²) in [6.45, 7) is 3.23. The fraction of sp³-hybridized carbons (Fsp3) is 0.312. The Bertz CT molecular complexity index is 538. The van der Waals surface area contributed by atoms with Crippen LogP contribution in [-0.2, 0) is 6.54 Å². The van der Waals surface area contributed by atoms with E-state index in [0.29, 0.717) is 11.7 Å². The number of hydrogen-bond donors (Lipinski definition) is 2. The molecule has 2 heterocycles. The third-order valence-electron chi connectivity index (χ3n) is 3.92. The molecular weight excluding hydrogens is 248 g/mol. The van der Waals surface area contributed by atoms with Crippen LogP contribution in [0, 0.1) is 0 Å². The Balaban J connectivity index is 1.60. The Hall–Kier alpha value is -1.91. The average Bonchev–Trinajstić information content (AvgIpc) is 2.97. The van der Waals surface area contributed by atoms with Crippen molar-refractivity contribution < 1.29 is 0 Å². The van der Waals surface area contributed by atoms with E-state index in [1.165, 1.54) is 17.5 Å². The molecule has 104 valence electrons. The van der Waals surface area contributed by atoms with Crippen molar-refractivity contribution in [3.05, 3.63) is 59.8 Å². The van der Waals surface area contributed by atoms with Gasteiger partial charge in [0.05, 0.1) is 0 Å². The van der Waals surface area contributed by atoms with Gasteiger partial charge in [0.2, 0.25) is 0 Å². The topological polar surface area (TPSA) is 54.2 Å². The summed E-state index contributed by atoms with van der Waals surface area (Å²) < 4.78 is 0. The molecule has 0 bridgehead atoms. The lowest BCUT2D eigenvalue weighted by atomic mass is 9.99. The molecule has 1 fully saturated rings. The number of rotatable bonds is 4. The van der Waals surface area contributed by atoms with E-state index in [9.17, 15) is 0 Å². The van der Waals surface area contributed by atoms with E-state index in [1.807, 2.05) is 12.3 Å². The van der Waals surface area contributed by atoms with Crippen LogP contribution in [0.3, 0.4) is 0 Å². The van der Waals surface area contributed by atoms with E-state index < -0.39 is 0 Å². The van der Waals surface area contributed by atoms with Gasteiger partial charge < -0.3 is 5.43 Å². The van der Waals surface area contributed by atoms with Crippen LogP contribution in [0.15, 0.2) is 48.7 Å². The number of nitrogens with two attached hydrogens (primary N) is 1. The molecule has 1 aromatic carbocycles. The van der Waals surface area contributed by atoms with Gasteiger partial charge in [-0.3, -0.25) is 4.90 Å². The second kappa shape index (κ2) is 6.03. The average molecular weight is 268 g/mol. The minimum Gasteiger partial charge on any atom is -0.308 e. The minimum absolute atomic E-state index is 0.661. The van der Waals surface area contributed by atoms with Gasteiger partial charge >= 0.3 is 0 Å². The second-order valence-electron chi connectivity index (χ2n) is 5.33. The molecule has 0 amide bonds. The third-order valence-corrected chi connectivity index (χ3v) is 3.92. The molecule has 0 spiro atoms. The number of hydrogen-bond acceptors (Lipinski definition) is 4. The van der Waals surface area contributed by atoms with Crippen molar-refractivity contribution in [1.29, 1.82) is 0 Å². The van der Waals surface area contributed by atoms with E-state index in [2.05, 4.69) is 51.7 Å². The van der Waals surface area contributed by atoms with Crippen LogP contribution in [-0.4, -0.2) is 23.0 Å². The fourth-order valence-electron chi connectivity index (χ4n) is 2.84. The van der Waals surface area contributed by atoms with E-state index in [1.54, 1.807) is 0 Å². The molecule has 1 unspecified atom stereocenters. The number of nitrogen functional groups attached to an aromatic ring is 1. The quantitative estimate of drug-likeness (QED) is 0.660. The zero-order valence-electron chi connectivity index (χ0n) is 11.5. The Morgan fingerprint density at radius 3 is 2.75 bits per heavy atom. The number of nitrogens with one attached hydrogen (secondary N) is 1. The Kier molecular flexibility index (Phi) is 3.95. The number of aromatic nitrogens is 1. The summed E-state index contributed by atoms with van der Waals surface area (Å²) >= 11 is 0. The smallest absolute Gasteiger partial charge is 0.139 e. The van der Waals surface area contributed by atoms with Gasteiger partial charge in [0.1, 0.15) is 5.82 Å². The van der Waals surface area contributed by atoms with Gasteiger partial charge in [0, 0.05) is 19.3 Å². The van der Waals surface area contributed by atoms with E-state index >= 15 is 0 Å². The molecule has 20 heavy (non-hydrogen) atoms. The number of nitrogens with zero attached hydrogens (tertiary/aromatic N) is 2. The molecule has 1 aliphatic heterocycles. The molecule has 3 N–H and O–H groups in total. The van der Waals surface area contributed by atoms with Gasteiger partial charge in [0.15, 0.2) is 0 Å². The van der Waals surface area contributed by atoms with Crippen LogP contribution >= 0.6 is 0 Å². The molecule has 1 saturated heterocycles. The lowest BCUT2D eigenvalue weighted by Crippen LogP contribution is -2.20. The maximum atomic E-state index is 5.32. The van der Waals surface area contributed by atoms with Crippen LogP contribution in [0.1, 0.15) is 23.5 Å². The molecule has 0 radical (unpaired) electrons. The maximum absolute atomic E-state index is 5.32. The summed E-state index contributed by atoms with van der Waals surface area (Å²) in [6.07, 6.45) is 3.13. The number of benzene rings is 1. The first-order valence-corrected chi connectivity index (χ1v) is 7.04. The highest BCUT2D eigenvalue weighted by Gasteiger charge is 2.23. The van der Waals surface area contributed by atoms with Crippen molar-refractivity contribution in [2.24, 2.45) is 5.84 Å². The summed E-state index contributed by atoms with van der Waals surface area (Å²) in [4.78, 5) is 6.74. The fourth-order valence-corrected chi connectivity index (χ4v) is 2.84. The van der Waals surface area contributed by atoms with Gasteiger partial charge in [-0.2, -0.15) is 0 Å². The maximum Gasteiger partial charge on any atom is 0.139 e. The predicted octanol–water partition coefficient (Wildman–Crippen LogP) is 2.36. The standard InChI is InChI=1S/C16H20N4/c17-19-16-7-6-13(10-18-16)11-20-9-8-15(12-20)14-4-2-1-3-5-14/h1-7,10,15H,8-9,11-12,17H2,(H,18,19). The van der Waals surface area contributed by atoms with Crippen molar-refractivity contribution in [3.63, 3.8) is 0 Å². The number of anilines is 1. The molecule has 4 nitrogen and oxygen atoms in total. The molecule has 3 rings (SSSR count). The molecule has 4 heteroatoms. The lowest BCUT2D eigenvalue weighted by molar-refractivity contribution is 0.326. The zero-order valence-corrected chi connectivity index (χ0v) is 11.5. The zero-order chi connectivity index (χ0) is 13.8. The normalized spacial score (nSPS) is 19.1. The number of likely N-dealkylation sites (tertiary alicyclic amines) is 1. The Morgan fingerprint density at radius 2 is 2.05 bits per heavy atom. The van der Waals surface area contributed by atoms with E-state index in [-0.39, 0.29) is 0 Å². The van der Waals surface area contributed by atoms with Crippen LogP contribution in [0.4, 0.5) is 5.82 Å². The highest BCUT2D eigenvalue weighted by Crippen LogP contribution is 2.27. The molecular formula is C16H20N4. The number of pyridine rings is 1. The molecule has 1 atom stereocenters. The predicted molar refractivity (Wildman–Crippen MR) is 81.1 cm³/mol. The highest BCUT2D eigenvalue weighted by atomic mass is 15.2. The first-order chi connectivity index (χ1) is 9.85. The Morgan fingerprint density at radius 1 is 1.20 bits per heavy atom. The van der Waals surface area contributed by atoms with Crippen molar-refractivity contribution in [1.82, 2.24) is 9.88 Å².